The molecule has 0 radical (unpaired) electrons. The highest BCUT2D eigenvalue weighted by atomic mass is 32.1. The summed E-state index contributed by atoms with van der Waals surface area (Å²) in [5, 5.41) is 11.7. The van der Waals surface area contributed by atoms with E-state index in [2.05, 4.69) is 15.3 Å². The fraction of sp³-hybridized carbons (Fsp3) is 0. The van der Waals surface area contributed by atoms with E-state index in [9.17, 15) is 9.59 Å². The van der Waals surface area contributed by atoms with Gasteiger partial charge in [0.1, 0.15) is 10.6 Å². The fourth-order valence-electron chi connectivity index (χ4n) is 1.11. The molecule has 0 fully saturated rings. The van der Waals surface area contributed by atoms with Crippen molar-refractivity contribution in [3.05, 3.63) is 41.3 Å². The SMILES string of the molecule is O=C(Nc1ccc(C(=O)O)s1)c1cnccn1. The first kappa shape index (κ1) is 11.2. The molecule has 86 valence electrons. The van der Waals surface area contributed by atoms with Crippen LogP contribution in [0.3, 0.4) is 0 Å². The topological polar surface area (TPSA) is 92.2 Å². The van der Waals surface area contributed by atoms with Gasteiger partial charge in [0.25, 0.3) is 5.91 Å². The zero-order valence-electron chi connectivity index (χ0n) is 8.45. The van der Waals surface area contributed by atoms with E-state index in [4.69, 9.17) is 5.11 Å². The number of carbonyl (C=O) groups is 2. The van der Waals surface area contributed by atoms with E-state index in [1.165, 1.54) is 30.7 Å². The third-order valence-electron chi connectivity index (χ3n) is 1.85. The molecular weight excluding hydrogens is 242 g/mol. The van der Waals surface area contributed by atoms with Gasteiger partial charge in [-0.2, -0.15) is 0 Å². The van der Waals surface area contributed by atoms with Crippen LogP contribution >= 0.6 is 11.3 Å². The number of thiophene rings is 1. The highest BCUT2D eigenvalue weighted by molar-refractivity contribution is 7.18. The number of nitrogens with zero attached hydrogens (tertiary/aromatic N) is 2. The number of aromatic carboxylic acids is 1. The van der Waals surface area contributed by atoms with E-state index in [-0.39, 0.29) is 10.6 Å². The molecule has 0 spiro atoms. The van der Waals surface area contributed by atoms with Crippen molar-refractivity contribution in [1.82, 2.24) is 9.97 Å². The van der Waals surface area contributed by atoms with E-state index in [1.807, 2.05) is 0 Å². The second-order valence-corrected chi connectivity index (χ2v) is 4.10. The second-order valence-electron chi connectivity index (χ2n) is 3.01. The Balaban J connectivity index is 2.11. The number of rotatable bonds is 3. The lowest BCUT2D eigenvalue weighted by Gasteiger charge is -1.99. The van der Waals surface area contributed by atoms with E-state index in [1.54, 1.807) is 0 Å². The third-order valence-corrected chi connectivity index (χ3v) is 2.84. The minimum atomic E-state index is -1.02. The lowest BCUT2D eigenvalue weighted by atomic mass is 10.4. The quantitative estimate of drug-likeness (QED) is 0.859. The Hall–Kier alpha value is -2.28. The molecule has 2 aromatic heterocycles. The van der Waals surface area contributed by atoms with Gasteiger partial charge in [-0.25, -0.2) is 9.78 Å². The van der Waals surface area contributed by atoms with Crippen LogP contribution in [0.5, 0.6) is 0 Å². The molecule has 0 aliphatic carbocycles. The van der Waals surface area contributed by atoms with Gasteiger partial charge in [-0.05, 0) is 12.1 Å². The monoisotopic (exact) mass is 249 g/mol. The second kappa shape index (κ2) is 4.71. The lowest BCUT2D eigenvalue weighted by Crippen LogP contribution is -2.12. The van der Waals surface area contributed by atoms with Gasteiger partial charge in [0.15, 0.2) is 0 Å². The molecule has 0 saturated heterocycles. The highest BCUT2D eigenvalue weighted by Crippen LogP contribution is 2.22. The summed E-state index contributed by atoms with van der Waals surface area (Å²) in [6, 6.07) is 2.96. The maximum absolute atomic E-state index is 11.6. The first-order valence-corrected chi connectivity index (χ1v) is 5.39. The van der Waals surface area contributed by atoms with E-state index in [0.29, 0.717) is 5.00 Å². The summed E-state index contributed by atoms with van der Waals surface area (Å²) in [5.74, 6) is -1.44. The minimum Gasteiger partial charge on any atom is -0.477 e. The minimum absolute atomic E-state index is 0.166. The van der Waals surface area contributed by atoms with Gasteiger partial charge in [-0.1, -0.05) is 0 Å². The largest absolute Gasteiger partial charge is 0.477 e. The molecule has 7 heteroatoms. The van der Waals surface area contributed by atoms with Crippen LogP contribution in [0.1, 0.15) is 20.2 Å². The predicted octanol–water partition coefficient (Wildman–Crippen LogP) is 1.49. The Morgan fingerprint density at radius 3 is 2.71 bits per heavy atom. The first-order chi connectivity index (χ1) is 8.16. The van der Waals surface area contributed by atoms with E-state index < -0.39 is 11.9 Å². The normalized spacial score (nSPS) is 9.88. The smallest absolute Gasteiger partial charge is 0.345 e. The fourth-order valence-corrected chi connectivity index (χ4v) is 1.85. The van der Waals surface area contributed by atoms with Gasteiger partial charge in [-0.3, -0.25) is 9.78 Å². The van der Waals surface area contributed by atoms with Crippen molar-refractivity contribution in [2.75, 3.05) is 5.32 Å². The average molecular weight is 249 g/mol. The lowest BCUT2D eigenvalue weighted by molar-refractivity contribution is 0.0702. The Bertz CT molecular complexity index is 553. The van der Waals surface area contributed by atoms with Crippen LogP contribution in [0.25, 0.3) is 0 Å². The summed E-state index contributed by atoms with van der Waals surface area (Å²) < 4.78 is 0. The van der Waals surface area contributed by atoms with Crippen molar-refractivity contribution < 1.29 is 14.7 Å². The van der Waals surface area contributed by atoms with Crippen molar-refractivity contribution in [3.63, 3.8) is 0 Å². The predicted molar refractivity (Wildman–Crippen MR) is 61.3 cm³/mol. The van der Waals surface area contributed by atoms with Gasteiger partial charge in [-0.15, -0.1) is 11.3 Å². The Kier molecular flexibility index (Phi) is 3.10. The Labute approximate surface area is 100.0 Å². The van der Waals surface area contributed by atoms with Gasteiger partial charge in [0, 0.05) is 12.4 Å². The summed E-state index contributed by atoms with van der Waals surface area (Å²) in [5.41, 5.74) is 0.178. The molecule has 2 N–H and O–H groups in total. The number of aromatic nitrogens is 2. The Morgan fingerprint density at radius 2 is 2.12 bits per heavy atom. The van der Waals surface area contributed by atoms with Crippen LogP contribution < -0.4 is 5.32 Å². The summed E-state index contributed by atoms with van der Waals surface area (Å²) >= 11 is 0.984. The van der Waals surface area contributed by atoms with Crippen molar-refractivity contribution in [2.45, 2.75) is 0 Å². The molecule has 1 amide bonds. The molecular formula is C10H7N3O3S. The van der Waals surface area contributed by atoms with Crippen LogP contribution in [0.4, 0.5) is 5.00 Å². The van der Waals surface area contributed by atoms with Crippen LogP contribution in [0.2, 0.25) is 0 Å². The molecule has 0 atom stereocenters. The number of anilines is 1. The molecule has 6 nitrogen and oxygen atoms in total. The first-order valence-electron chi connectivity index (χ1n) is 4.57. The van der Waals surface area contributed by atoms with Gasteiger partial charge in [0.05, 0.1) is 11.2 Å². The summed E-state index contributed by atoms with van der Waals surface area (Å²) in [6.45, 7) is 0. The molecule has 0 aliphatic heterocycles. The van der Waals surface area contributed by atoms with Crippen molar-refractivity contribution in [2.24, 2.45) is 0 Å². The van der Waals surface area contributed by atoms with Crippen molar-refractivity contribution in [3.8, 4) is 0 Å². The molecule has 0 saturated carbocycles. The number of hydrogen-bond donors (Lipinski definition) is 2. The number of hydrogen-bond acceptors (Lipinski definition) is 5. The molecule has 2 heterocycles. The van der Waals surface area contributed by atoms with E-state index >= 15 is 0 Å². The van der Waals surface area contributed by atoms with Crippen molar-refractivity contribution in [1.29, 1.82) is 0 Å². The zero-order chi connectivity index (χ0) is 12.3. The number of amides is 1. The maximum atomic E-state index is 11.6. The maximum Gasteiger partial charge on any atom is 0.345 e. The van der Waals surface area contributed by atoms with Gasteiger partial charge >= 0.3 is 5.97 Å². The zero-order valence-corrected chi connectivity index (χ0v) is 9.27. The number of nitrogens with one attached hydrogen (secondary N) is 1. The summed E-state index contributed by atoms with van der Waals surface area (Å²) in [7, 11) is 0. The molecule has 2 aromatic rings. The molecule has 0 bridgehead atoms. The van der Waals surface area contributed by atoms with Gasteiger partial charge < -0.3 is 10.4 Å². The summed E-state index contributed by atoms with van der Waals surface area (Å²) in [4.78, 5) is 30.0. The average Bonchev–Trinajstić information content (AvgIpc) is 2.79. The van der Waals surface area contributed by atoms with Gasteiger partial charge in [0.2, 0.25) is 0 Å². The molecule has 0 aromatic carbocycles. The van der Waals surface area contributed by atoms with Crippen LogP contribution in [0.15, 0.2) is 30.7 Å². The third kappa shape index (κ3) is 2.64. The Morgan fingerprint density at radius 1 is 1.29 bits per heavy atom. The molecule has 2 rings (SSSR count). The van der Waals surface area contributed by atoms with Crippen molar-refractivity contribution >= 4 is 28.2 Å². The molecule has 0 unspecified atom stereocenters. The van der Waals surface area contributed by atoms with Crippen LogP contribution in [-0.2, 0) is 0 Å². The number of carboxylic acids is 1. The van der Waals surface area contributed by atoms with E-state index in [0.717, 1.165) is 11.3 Å². The van der Waals surface area contributed by atoms with Crippen LogP contribution in [0, 0.1) is 0 Å². The highest BCUT2D eigenvalue weighted by Gasteiger charge is 2.11. The number of carbonyl (C=O) groups excluding carboxylic acids is 1. The summed E-state index contributed by atoms with van der Waals surface area (Å²) in [6.07, 6.45) is 4.21. The standard InChI is InChI=1S/C10H7N3O3S/c14-9(6-5-11-3-4-12-6)13-8-2-1-7(17-8)10(15)16/h1-5H,(H,13,14)(H,15,16). The molecule has 0 aliphatic rings. The van der Waals surface area contributed by atoms with Crippen LogP contribution in [-0.4, -0.2) is 27.0 Å². The molecule has 17 heavy (non-hydrogen) atoms. The number of carboxylic acid groups (broad SMARTS) is 1.